The van der Waals surface area contributed by atoms with Gasteiger partial charge in [0.2, 0.25) is 0 Å². The lowest BCUT2D eigenvalue weighted by Gasteiger charge is -2.12. The van der Waals surface area contributed by atoms with E-state index in [2.05, 4.69) is 10.3 Å². The summed E-state index contributed by atoms with van der Waals surface area (Å²) in [5, 5.41) is 3.17. The van der Waals surface area contributed by atoms with Gasteiger partial charge in [0.1, 0.15) is 12.4 Å². The van der Waals surface area contributed by atoms with Gasteiger partial charge in [-0.2, -0.15) is 0 Å². The van der Waals surface area contributed by atoms with Gasteiger partial charge in [-0.05, 0) is 31.7 Å². The minimum absolute atomic E-state index is 0.0343. The van der Waals surface area contributed by atoms with E-state index in [9.17, 15) is 8.78 Å². The average molecular weight is 292 g/mol. The number of nitrogens with zero attached hydrogens (tertiary/aromatic N) is 1. The van der Waals surface area contributed by atoms with E-state index in [1.807, 2.05) is 19.9 Å². The number of benzene rings is 1. The van der Waals surface area contributed by atoms with Gasteiger partial charge < -0.3 is 10.1 Å². The fourth-order valence-electron chi connectivity index (χ4n) is 1.91. The van der Waals surface area contributed by atoms with Crippen molar-refractivity contribution in [2.45, 2.75) is 27.0 Å². The monoisotopic (exact) mass is 292 g/mol. The van der Waals surface area contributed by atoms with Crippen molar-refractivity contribution in [1.82, 2.24) is 10.3 Å². The first-order valence-corrected chi connectivity index (χ1v) is 6.84. The summed E-state index contributed by atoms with van der Waals surface area (Å²) in [6.07, 6.45) is 0. The average Bonchev–Trinajstić information content (AvgIpc) is 2.48. The van der Waals surface area contributed by atoms with Crippen LogP contribution in [0.2, 0.25) is 0 Å². The van der Waals surface area contributed by atoms with Crippen molar-refractivity contribution in [3.05, 3.63) is 58.9 Å². The highest BCUT2D eigenvalue weighted by Crippen LogP contribution is 2.20. The molecule has 0 atom stereocenters. The van der Waals surface area contributed by atoms with E-state index >= 15 is 0 Å². The number of pyridine rings is 1. The molecule has 0 saturated carbocycles. The minimum atomic E-state index is -0.870. The van der Waals surface area contributed by atoms with Crippen molar-refractivity contribution in [1.29, 1.82) is 0 Å². The summed E-state index contributed by atoms with van der Waals surface area (Å²) < 4.78 is 32.3. The molecule has 112 valence electrons. The Hall–Kier alpha value is -2.01. The van der Waals surface area contributed by atoms with Gasteiger partial charge in [-0.3, -0.25) is 4.98 Å². The van der Waals surface area contributed by atoms with Crippen molar-refractivity contribution in [2.24, 2.45) is 0 Å². The van der Waals surface area contributed by atoms with Crippen LogP contribution in [0.25, 0.3) is 0 Å². The predicted molar refractivity (Wildman–Crippen MR) is 77.0 cm³/mol. The molecule has 0 aliphatic carbocycles. The van der Waals surface area contributed by atoms with E-state index in [-0.39, 0.29) is 12.2 Å². The zero-order valence-corrected chi connectivity index (χ0v) is 12.1. The molecule has 21 heavy (non-hydrogen) atoms. The standard InChI is InChI=1S/C16H18F2N2O/c1-3-19-9-14-15(8-7-11(2)20-14)21-10-12-5-4-6-13(17)16(12)18/h4-8,19H,3,9-10H2,1-2H3. The molecule has 1 N–H and O–H groups in total. The molecule has 0 fully saturated rings. The van der Waals surface area contributed by atoms with Gasteiger partial charge in [0.05, 0.1) is 5.69 Å². The maximum absolute atomic E-state index is 13.6. The molecule has 0 amide bonds. The Morgan fingerprint density at radius 2 is 2.00 bits per heavy atom. The zero-order chi connectivity index (χ0) is 15.2. The van der Waals surface area contributed by atoms with Crippen molar-refractivity contribution < 1.29 is 13.5 Å². The largest absolute Gasteiger partial charge is 0.487 e. The third kappa shape index (κ3) is 3.98. The molecule has 1 aromatic heterocycles. The number of nitrogens with one attached hydrogen (secondary N) is 1. The van der Waals surface area contributed by atoms with E-state index in [1.165, 1.54) is 12.1 Å². The van der Waals surface area contributed by atoms with E-state index in [0.29, 0.717) is 12.3 Å². The fourth-order valence-corrected chi connectivity index (χ4v) is 1.91. The Kier molecular flexibility index (Phi) is 5.22. The maximum Gasteiger partial charge on any atom is 0.165 e. The van der Waals surface area contributed by atoms with Crippen LogP contribution in [0.3, 0.4) is 0 Å². The van der Waals surface area contributed by atoms with Crippen LogP contribution < -0.4 is 10.1 Å². The van der Waals surface area contributed by atoms with Gasteiger partial charge in [0, 0.05) is 17.8 Å². The summed E-state index contributed by atoms with van der Waals surface area (Å²) in [5.41, 5.74) is 1.82. The van der Waals surface area contributed by atoms with Gasteiger partial charge in [0.15, 0.2) is 11.6 Å². The Labute approximate surface area is 123 Å². The molecule has 0 unspecified atom stereocenters. The third-order valence-corrected chi connectivity index (χ3v) is 3.03. The Balaban J connectivity index is 2.14. The van der Waals surface area contributed by atoms with Gasteiger partial charge in [-0.15, -0.1) is 0 Å². The second-order valence-electron chi connectivity index (χ2n) is 4.68. The summed E-state index contributed by atoms with van der Waals surface area (Å²) in [7, 11) is 0. The second kappa shape index (κ2) is 7.13. The van der Waals surface area contributed by atoms with E-state index in [1.54, 1.807) is 6.07 Å². The molecule has 0 aliphatic heterocycles. The van der Waals surface area contributed by atoms with Gasteiger partial charge in [-0.25, -0.2) is 8.78 Å². The van der Waals surface area contributed by atoms with Crippen LogP contribution in [0.15, 0.2) is 30.3 Å². The van der Waals surface area contributed by atoms with Crippen LogP contribution in [0, 0.1) is 18.6 Å². The zero-order valence-electron chi connectivity index (χ0n) is 12.1. The lowest BCUT2D eigenvalue weighted by atomic mass is 10.2. The molecular weight excluding hydrogens is 274 g/mol. The topological polar surface area (TPSA) is 34.2 Å². The van der Waals surface area contributed by atoms with Gasteiger partial charge in [0.25, 0.3) is 0 Å². The van der Waals surface area contributed by atoms with Crippen molar-refractivity contribution in [2.75, 3.05) is 6.54 Å². The summed E-state index contributed by atoms with van der Waals surface area (Å²) in [6, 6.07) is 7.68. The number of aryl methyl sites for hydroxylation is 1. The SMILES string of the molecule is CCNCc1nc(C)ccc1OCc1cccc(F)c1F. The fraction of sp³-hybridized carbons (Fsp3) is 0.312. The van der Waals surface area contributed by atoms with Crippen LogP contribution in [0.5, 0.6) is 5.75 Å². The molecule has 1 aromatic carbocycles. The second-order valence-corrected chi connectivity index (χ2v) is 4.68. The van der Waals surface area contributed by atoms with Crippen LogP contribution >= 0.6 is 0 Å². The smallest absolute Gasteiger partial charge is 0.165 e. The molecule has 1 heterocycles. The molecule has 2 rings (SSSR count). The molecule has 0 aliphatic rings. The first-order valence-electron chi connectivity index (χ1n) is 6.84. The quantitative estimate of drug-likeness (QED) is 0.886. The van der Waals surface area contributed by atoms with Crippen LogP contribution in [-0.2, 0) is 13.2 Å². The minimum Gasteiger partial charge on any atom is -0.487 e. The lowest BCUT2D eigenvalue weighted by Crippen LogP contribution is -2.14. The Morgan fingerprint density at radius 1 is 1.19 bits per heavy atom. The summed E-state index contributed by atoms with van der Waals surface area (Å²) in [4.78, 5) is 4.41. The first kappa shape index (κ1) is 15.4. The van der Waals surface area contributed by atoms with E-state index < -0.39 is 11.6 Å². The van der Waals surface area contributed by atoms with E-state index in [0.717, 1.165) is 24.0 Å². The highest BCUT2D eigenvalue weighted by Gasteiger charge is 2.10. The van der Waals surface area contributed by atoms with Crippen LogP contribution in [0.1, 0.15) is 23.9 Å². The molecule has 0 spiro atoms. The Bertz CT molecular complexity index is 617. The molecule has 5 heteroatoms. The third-order valence-electron chi connectivity index (χ3n) is 3.03. The lowest BCUT2D eigenvalue weighted by molar-refractivity contribution is 0.291. The number of aromatic nitrogens is 1. The molecule has 2 aromatic rings. The number of hydrogen-bond donors (Lipinski definition) is 1. The molecule has 0 radical (unpaired) electrons. The molecule has 3 nitrogen and oxygen atoms in total. The maximum atomic E-state index is 13.6. The predicted octanol–water partition coefficient (Wildman–Crippen LogP) is 3.36. The van der Waals surface area contributed by atoms with Crippen LogP contribution in [0.4, 0.5) is 8.78 Å². The Morgan fingerprint density at radius 3 is 2.76 bits per heavy atom. The molecule has 0 saturated heterocycles. The first-order chi connectivity index (χ1) is 10.1. The number of rotatable bonds is 6. The van der Waals surface area contributed by atoms with Crippen LogP contribution in [-0.4, -0.2) is 11.5 Å². The summed E-state index contributed by atoms with van der Waals surface area (Å²) in [6.45, 7) is 5.24. The van der Waals surface area contributed by atoms with Gasteiger partial charge in [-0.1, -0.05) is 19.1 Å². The van der Waals surface area contributed by atoms with Gasteiger partial charge >= 0.3 is 0 Å². The van der Waals surface area contributed by atoms with Crippen molar-refractivity contribution in [3.63, 3.8) is 0 Å². The summed E-state index contributed by atoms with van der Waals surface area (Å²) in [5.74, 6) is -1.16. The normalized spacial score (nSPS) is 10.7. The highest BCUT2D eigenvalue weighted by atomic mass is 19.2. The number of halogens is 2. The summed E-state index contributed by atoms with van der Waals surface area (Å²) >= 11 is 0. The van der Waals surface area contributed by atoms with Crippen molar-refractivity contribution >= 4 is 0 Å². The van der Waals surface area contributed by atoms with Crippen molar-refractivity contribution in [3.8, 4) is 5.75 Å². The molecule has 0 bridgehead atoms. The molecular formula is C16H18F2N2O. The van der Waals surface area contributed by atoms with E-state index in [4.69, 9.17) is 4.74 Å². The number of ether oxygens (including phenoxy) is 1. The highest BCUT2D eigenvalue weighted by molar-refractivity contribution is 5.30. The number of hydrogen-bond acceptors (Lipinski definition) is 3.